The van der Waals surface area contributed by atoms with Crippen LogP contribution in [0.5, 0.6) is 0 Å². The van der Waals surface area contributed by atoms with E-state index < -0.39 is 0 Å². The zero-order valence-corrected chi connectivity index (χ0v) is 11.6. The quantitative estimate of drug-likeness (QED) is 0.819. The molecule has 7 heteroatoms. The molecule has 0 saturated heterocycles. The van der Waals surface area contributed by atoms with Crippen LogP contribution in [0.15, 0.2) is 24.8 Å². The van der Waals surface area contributed by atoms with Gasteiger partial charge in [0.2, 0.25) is 0 Å². The van der Waals surface area contributed by atoms with Crippen molar-refractivity contribution in [1.29, 1.82) is 0 Å². The Morgan fingerprint density at radius 1 is 1.30 bits per heavy atom. The first-order valence-electron chi connectivity index (χ1n) is 6.50. The molecule has 0 unspecified atom stereocenters. The maximum atomic E-state index is 11.9. The Kier molecular flexibility index (Phi) is 4.65. The van der Waals surface area contributed by atoms with E-state index in [2.05, 4.69) is 32.6 Å². The van der Waals surface area contributed by atoms with Crippen LogP contribution in [0.2, 0.25) is 0 Å². The molecule has 0 aliphatic carbocycles. The predicted octanol–water partition coefficient (Wildman–Crippen LogP) is 0.962. The third-order valence-electron chi connectivity index (χ3n) is 2.65. The molecule has 2 heterocycles. The van der Waals surface area contributed by atoms with Gasteiger partial charge in [-0.2, -0.15) is 5.10 Å². The fourth-order valence-corrected chi connectivity index (χ4v) is 1.63. The van der Waals surface area contributed by atoms with E-state index >= 15 is 0 Å². The molecular weight excluding hydrogens is 256 g/mol. The molecule has 2 N–H and O–H groups in total. The van der Waals surface area contributed by atoms with Crippen LogP contribution < -0.4 is 10.6 Å². The number of aryl methyl sites for hydroxylation is 1. The average molecular weight is 274 g/mol. The van der Waals surface area contributed by atoms with Crippen molar-refractivity contribution in [3.63, 3.8) is 0 Å². The van der Waals surface area contributed by atoms with Crippen LogP contribution in [-0.4, -0.2) is 32.2 Å². The van der Waals surface area contributed by atoms with Gasteiger partial charge in [-0.15, -0.1) is 0 Å². The first-order valence-corrected chi connectivity index (χ1v) is 6.50. The van der Waals surface area contributed by atoms with Crippen LogP contribution in [0.3, 0.4) is 0 Å². The summed E-state index contributed by atoms with van der Waals surface area (Å²) in [5.74, 6) is 0.430. The summed E-state index contributed by atoms with van der Waals surface area (Å²) in [5.41, 5.74) is 1.24. The molecule has 2 aromatic heterocycles. The summed E-state index contributed by atoms with van der Waals surface area (Å²) in [6.07, 6.45) is 7.60. The lowest BCUT2D eigenvalue weighted by molar-refractivity contribution is 0.0945. The summed E-state index contributed by atoms with van der Waals surface area (Å²) in [4.78, 5) is 20.1. The van der Waals surface area contributed by atoms with E-state index in [0.717, 1.165) is 18.5 Å². The Morgan fingerprint density at radius 2 is 2.15 bits per heavy atom. The summed E-state index contributed by atoms with van der Waals surface area (Å²) < 4.78 is 1.69. The molecule has 0 bridgehead atoms. The van der Waals surface area contributed by atoms with Gasteiger partial charge in [0, 0.05) is 31.9 Å². The Balaban J connectivity index is 1.88. The highest BCUT2D eigenvalue weighted by molar-refractivity contribution is 5.91. The van der Waals surface area contributed by atoms with Gasteiger partial charge in [-0.1, -0.05) is 6.92 Å². The highest BCUT2D eigenvalue weighted by Gasteiger charge is 2.08. The van der Waals surface area contributed by atoms with Crippen LogP contribution in [0.25, 0.3) is 0 Å². The molecule has 0 aromatic carbocycles. The van der Waals surface area contributed by atoms with Crippen molar-refractivity contribution in [3.05, 3.63) is 36.0 Å². The topological polar surface area (TPSA) is 84.7 Å². The van der Waals surface area contributed by atoms with Gasteiger partial charge >= 0.3 is 0 Å². The number of hydrogen-bond acceptors (Lipinski definition) is 5. The lowest BCUT2D eigenvalue weighted by atomic mass is 10.3. The van der Waals surface area contributed by atoms with E-state index in [0.29, 0.717) is 18.1 Å². The maximum Gasteiger partial charge on any atom is 0.271 e. The third kappa shape index (κ3) is 3.78. The van der Waals surface area contributed by atoms with Crippen LogP contribution >= 0.6 is 0 Å². The SMILES string of the molecule is CCCNc1cnc(C(=O)NCc2cnn(C)c2)cn1. The number of carbonyl (C=O) groups excluding carboxylic acids is 1. The highest BCUT2D eigenvalue weighted by atomic mass is 16.1. The molecule has 1 amide bonds. The van der Waals surface area contributed by atoms with Gasteiger partial charge < -0.3 is 10.6 Å². The number of anilines is 1. The number of amides is 1. The van der Waals surface area contributed by atoms with Gasteiger partial charge in [0.1, 0.15) is 11.5 Å². The van der Waals surface area contributed by atoms with Crippen molar-refractivity contribution in [1.82, 2.24) is 25.1 Å². The number of nitrogens with one attached hydrogen (secondary N) is 2. The number of carbonyl (C=O) groups is 1. The molecule has 0 atom stereocenters. The van der Waals surface area contributed by atoms with E-state index in [1.54, 1.807) is 17.1 Å². The third-order valence-corrected chi connectivity index (χ3v) is 2.65. The van der Waals surface area contributed by atoms with Gasteiger partial charge in [-0.3, -0.25) is 9.48 Å². The molecule has 0 fully saturated rings. The molecule has 0 spiro atoms. The van der Waals surface area contributed by atoms with Gasteiger partial charge in [0.15, 0.2) is 0 Å². The van der Waals surface area contributed by atoms with Gasteiger partial charge in [0.25, 0.3) is 5.91 Å². The maximum absolute atomic E-state index is 11.9. The minimum Gasteiger partial charge on any atom is -0.369 e. The lowest BCUT2D eigenvalue weighted by Gasteiger charge is -2.05. The standard InChI is InChI=1S/C13H18N6O/c1-3-4-14-12-8-15-11(7-16-12)13(20)17-5-10-6-18-19(2)9-10/h6-9H,3-5H2,1-2H3,(H,14,16)(H,17,20). The van der Waals surface area contributed by atoms with E-state index in [1.165, 1.54) is 6.20 Å². The molecule has 0 aliphatic heterocycles. The number of aromatic nitrogens is 4. The highest BCUT2D eigenvalue weighted by Crippen LogP contribution is 2.02. The summed E-state index contributed by atoms with van der Waals surface area (Å²) in [5, 5.41) is 9.92. The normalized spacial score (nSPS) is 10.3. The minimum atomic E-state index is -0.247. The van der Waals surface area contributed by atoms with Crippen molar-refractivity contribution >= 4 is 11.7 Å². The van der Waals surface area contributed by atoms with Gasteiger partial charge in [-0.05, 0) is 6.42 Å². The summed E-state index contributed by atoms with van der Waals surface area (Å²) >= 11 is 0. The second-order valence-corrected chi connectivity index (χ2v) is 4.42. The molecule has 0 aliphatic rings. The monoisotopic (exact) mass is 274 g/mol. The molecule has 0 saturated carbocycles. The van der Waals surface area contributed by atoms with Crippen molar-refractivity contribution in [3.8, 4) is 0 Å². The zero-order valence-electron chi connectivity index (χ0n) is 11.6. The Hall–Kier alpha value is -2.44. The number of nitrogens with zero attached hydrogens (tertiary/aromatic N) is 4. The molecule has 2 aromatic rings. The Bertz CT molecular complexity index is 562. The van der Waals surface area contributed by atoms with Crippen molar-refractivity contribution in [2.45, 2.75) is 19.9 Å². The summed E-state index contributed by atoms with van der Waals surface area (Å²) in [6, 6.07) is 0. The second kappa shape index (κ2) is 6.65. The summed E-state index contributed by atoms with van der Waals surface area (Å²) in [6.45, 7) is 3.33. The number of hydrogen-bond donors (Lipinski definition) is 2. The van der Waals surface area contributed by atoms with Crippen molar-refractivity contribution in [2.24, 2.45) is 7.05 Å². The van der Waals surface area contributed by atoms with Crippen LogP contribution in [0.4, 0.5) is 5.82 Å². The van der Waals surface area contributed by atoms with E-state index in [9.17, 15) is 4.79 Å². The first kappa shape index (κ1) is 14.0. The fourth-order valence-electron chi connectivity index (χ4n) is 1.63. The van der Waals surface area contributed by atoms with Crippen LogP contribution in [0, 0.1) is 0 Å². The minimum absolute atomic E-state index is 0.247. The molecule has 7 nitrogen and oxygen atoms in total. The Morgan fingerprint density at radius 3 is 2.75 bits per heavy atom. The number of rotatable bonds is 6. The smallest absolute Gasteiger partial charge is 0.271 e. The predicted molar refractivity (Wildman–Crippen MR) is 75.2 cm³/mol. The zero-order chi connectivity index (χ0) is 14.4. The lowest BCUT2D eigenvalue weighted by Crippen LogP contribution is -2.23. The fraction of sp³-hybridized carbons (Fsp3) is 0.385. The van der Waals surface area contributed by atoms with Crippen LogP contribution in [-0.2, 0) is 13.6 Å². The van der Waals surface area contributed by atoms with E-state index in [4.69, 9.17) is 0 Å². The molecular formula is C13H18N6O. The molecule has 106 valence electrons. The molecule has 0 radical (unpaired) electrons. The van der Waals surface area contributed by atoms with E-state index in [-0.39, 0.29) is 5.91 Å². The summed E-state index contributed by atoms with van der Waals surface area (Å²) in [7, 11) is 1.83. The average Bonchev–Trinajstić information content (AvgIpc) is 2.89. The Labute approximate surface area is 117 Å². The van der Waals surface area contributed by atoms with Crippen molar-refractivity contribution in [2.75, 3.05) is 11.9 Å². The molecule has 2 rings (SSSR count). The van der Waals surface area contributed by atoms with E-state index in [1.807, 2.05) is 13.2 Å². The van der Waals surface area contributed by atoms with Crippen LogP contribution in [0.1, 0.15) is 29.4 Å². The second-order valence-electron chi connectivity index (χ2n) is 4.42. The van der Waals surface area contributed by atoms with Crippen molar-refractivity contribution < 1.29 is 4.79 Å². The first-order chi connectivity index (χ1) is 9.69. The van der Waals surface area contributed by atoms with Gasteiger partial charge in [0.05, 0.1) is 18.6 Å². The van der Waals surface area contributed by atoms with Gasteiger partial charge in [-0.25, -0.2) is 9.97 Å². The molecule has 20 heavy (non-hydrogen) atoms. The largest absolute Gasteiger partial charge is 0.369 e.